The lowest BCUT2D eigenvalue weighted by atomic mass is 10.2. The minimum Gasteiger partial charge on any atom is -0.325 e. The summed E-state index contributed by atoms with van der Waals surface area (Å²) < 4.78 is 28.8. The standard InChI is InChI=1S/C18H24N6O5S/c1-3-22-12-17(14(2)20-22)30(28,29)23-9-7-21(8-10-23)13-18(25)19-15-5-4-6-16(11-15)24(26)27/h4-6,11-12H,3,7-10,13H2,1-2H3,(H,19,25). The maximum absolute atomic E-state index is 12.9. The molecule has 0 aliphatic carbocycles. The van der Waals surface area contributed by atoms with E-state index in [9.17, 15) is 23.3 Å². The molecule has 2 heterocycles. The molecule has 12 heteroatoms. The number of nitro groups is 1. The van der Waals surface area contributed by atoms with Crippen molar-refractivity contribution in [3.05, 3.63) is 46.3 Å². The third kappa shape index (κ3) is 4.83. The minimum absolute atomic E-state index is 0.0728. The molecule has 0 spiro atoms. The van der Waals surface area contributed by atoms with Crippen molar-refractivity contribution in [1.29, 1.82) is 0 Å². The highest BCUT2D eigenvalue weighted by Crippen LogP contribution is 2.21. The number of nitrogens with zero attached hydrogens (tertiary/aromatic N) is 5. The number of hydrogen-bond donors (Lipinski definition) is 1. The van der Waals surface area contributed by atoms with E-state index < -0.39 is 14.9 Å². The van der Waals surface area contributed by atoms with Gasteiger partial charge in [0.15, 0.2) is 0 Å². The van der Waals surface area contributed by atoms with Crippen molar-refractivity contribution in [1.82, 2.24) is 19.0 Å². The van der Waals surface area contributed by atoms with Gasteiger partial charge in [0.05, 0.1) is 17.2 Å². The molecule has 1 aromatic heterocycles. The summed E-state index contributed by atoms with van der Waals surface area (Å²) in [4.78, 5) is 24.6. The number of nitro benzene ring substituents is 1. The first kappa shape index (κ1) is 21.9. The third-order valence-corrected chi connectivity index (χ3v) is 6.88. The van der Waals surface area contributed by atoms with E-state index in [1.165, 1.54) is 22.5 Å². The maximum atomic E-state index is 12.9. The summed E-state index contributed by atoms with van der Waals surface area (Å²) in [5, 5.41) is 17.7. The van der Waals surface area contributed by atoms with Crippen LogP contribution in [-0.2, 0) is 21.4 Å². The van der Waals surface area contributed by atoms with Gasteiger partial charge in [-0.1, -0.05) is 6.07 Å². The Morgan fingerprint density at radius 1 is 1.27 bits per heavy atom. The summed E-state index contributed by atoms with van der Waals surface area (Å²) in [6, 6.07) is 5.72. The van der Waals surface area contributed by atoms with E-state index in [4.69, 9.17) is 0 Å². The van der Waals surface area contributed by atoms with Gasteiger partial charge in [0, 0.05) is 56.7 Å². The highest BCUT2D eigenvalue weighted by molar-refractivity contribution is 7.89. The van der Waals surface area contributed by atoms with Crippen LogP contribution in [0.2, 0.25) is 0 Å². The van der Waals surface area contributed by atoms with E-state index in [2.05, 4.69) is 10.4 Å². The number of amides is 1. The SMILES string of the molecule is CCn1cc(S(=O)(=O)N2CCN(CC(=O)Nc3cccc([N+](=O)[O-])c3)CC2)c(C)n1. The predicted octanol–water partition coefficient (Wildman–Crippen LogP) is 1.06. The zero-order valence-corrected chi connectivity index (χ0v) is 17.6. The van der Waals surface area contributed by atoms with E-state index in [0.717, 1.165) is 0 Å². The average Bonchev–Trinajstić information content (AvgIpc) is 3.10. The zero-order chi connectivity index (χ0) is 21.9. The summed E-state index contributed by atoms with van der Waals surface area (Å²) in [5.41, 5.74) is 0.711. The van der Waals surface area contributed by atoms with Gasteiger partial charge in [0.1, 0.15) is 4.90 Å². The Morgan fingerprint density at radius 3 is 2.57 bits per heavy atom. The number of piperazine rings is 1. The highest BCUT2D eigenvalue weighted by Gasteiger charge is 2.31. The molecule has 0 unspecified atom stereocenters. The number of carbonyl (C=O) groups excluding carboxylic acids is 1. The van der Waals surface area contributed by atoms with Crippen molar-refractivity contribution < 1.29 is 18.1 Å². The second-order valence-corrected chi connectivity index (χ2v) is 8.88. The Hall–Kier alpha value is -2.83. The summed E-state index contributed by atoms with van der Waals surface area (Å²) in [7, 11) is -3.64. The molecule has 1 fully saturated rings. The fourth-order valence-corrected chi connectivity index (χ4v) is 4.87. The Balaban J connectivity index is 1.56. The number of nitrogens with one attached hydrogen (secondary N) is 1. The molecule has 1 N–H and O–H groups in total. The number of aryl methyl sites for hydroxylation is 2. The molecule has 1 saturated heterocycles. The molecule has 3 rings (SSSR count). The van der Waals surface area contributed by atoms with Crippen molar-refractivity contribution >= 4 is 27.3 Å². The zero-order valence-electron chi connectivity index (χ0n) is 16.8. The number of rotatable bonds is 7. The lowest BCUT2D eigenvalue weighted by molar-refractivity contribution is -0.384. The quantitative estimate of drug-likeness (QED) is 0.507. The molecule has 0 saturated carbocycles. The Morgan fingerprint density at radius 2 is 1.97 bits per heavy atom. The minimum atomic E-state index is -3.64. The molecule has 30 heavy (non-hydrogen) atoms. The van der Waals surface area contributed by atoms with Crippen molar-refractivity contribution in [2.45, 2.75) is 25.3 Å². The molecule has 11 nitrogen and oxygen atoms in total. The van der Waals surface area contributed by atoms with Crippen LogP contribution < -0.4 is 5.32 Å². The highest BCUT2D eigenvalue weighted by atomic mass is 32.2. The topological polar surface area (TPSA) is 131 Å². The predicted molar refractivity (Wildman–Crippen MR) is 110 cm³/mol. The van der Waals surface area contributed by atoms with E-state index in [1.54, 1.807) is 23.9 Å². The van der Waals surface area contributed by atoms with Crippen molar-refractivity contribution in [3.8, 4) is 0 Å². The number of non-ortho nitro benzene ring substituents is 1. The van der Waals surface area contributed by atoms with E-state index in [1.807, 2.05) is 11.8 Å². The van der Waals surface area contributed by atoms with Gasteiger partial charge < -0.3 is 5.32 Å². The summed E-state index contributed by atoms with van der Waals surface area (Å²) in [5.74, 6) is -0.313. The number of sulfonamides is 1. The Labute approximate surface area is 174 Å². The molecule has 2 aromatic rings. The first-order valence-corrected chi connectivity index (χ1v) is 11.0. The first-order valence-electron chi connectivity index (χ1n) is 9.51. The number of hydrogen-bond acceptors (Lipinski definition) is 7. The summed E-state index contributed by atoms with van der Waals surface area (Å²) in [6.07, 6.45) is 1.55. The first-order chi connectivity index (χ1) is 14.2. The van der Waals surface area contributed by atoms with Crippen LogP contribution in [0, 0.1) is 17.0 Å². The second-order valence-electron chi connectivity index (χ2n) is 6.97. The van der Waals surface area contributed by atoms with Gasteiger partial charge in [0.25, 0.3) is 5.69 Å². The molecular formula is C18H24N6O5S. The van der Waals surface area contributed by atoms with Gasteiger partial charge in [-0.05, 0) is 19.9 Å². The van der Waals surface area contributed by atoms with Gasteiger partial charge in [-0.3, -0.25) is 24.5 Å². The largest absolute Gasteiger partial charge is 0.325 e. The number of carbonyl (C=O) groups is 1. The molecule has 1 aliphatic heterocycles. The van der Waals surface area contributed by atoms with Crippen molar-refractivity contribution in [2.75, 3.05) is 38.0 Å². The summed E-state index contributed by atoms with van der Waals surface area (Å²) in [6.45, 7) is 5.57. The molecule has 1 amide bonds. The van der Waals surface area contributed by atoms with Gasteiger partial charge in [-0.2, -0.15) is 9.40 Å². The average molecular weight is 436 g/mol. The Bertz CT molecular complexity index is 1040. The molecule has 0 radical (unpaired) electrons. The van der Waals surface area contributed by atoms with Crippen LogP contribution in [0.25, 0.3) is 0 Å². The van der Waals surface area contributed by atoms with Gasteiger partial charge in [-0.25, -0.2) is 8.42 Å². The van der Waals surface area contributed by atoms with Gasteiger partial charge in [-0.15, -0.1) is 0 Å². The third-order valence-electron chi connectivity index (χ3n) is 4.88. The van der Waals surface area contributed by atoms with Crippen LogP contribution in [0.3, 0.4) is 0 Å². The molecule has 0 atom stereocenters. The molecule has 1 aliphatic rings. The van der Waals surface area contributed by atoms with Crippen LogP contribution >= 0.6 is 0 Å². The van der Waals surface area contributed by atoms with E-state index in [-0.39, 0.29) is 36.1 Å². The lowest BCUT2D eigenvalue weighted by Gasteiger charge is -2.33. The Kier molecular flexibility index (Phi) is 6.48. The van der Waals surface area contributed by atoms with Crippen LogP contribution in [0.1, 0.15) is 12.6 Å². The molecule has 1 aromatic carbocycles. The monoisotopic (exact) mass is 436 g/mol. The number of anilines is 1. The van der Waals surface area contributed by atoms with Crippen molar-refractivity contribution in [3.63, 3.8) is 0 Å². The molecular weight excluding hydrogens is 412 g/mol. The smallest absolute Gasteiger partial charge is 0.271 e. The van der Waals surface area contributed by atoms with Crippen LogP contribution in [0.5, 0.6) is 0 Å². The van der Waals surface area contributed by atoms with Crippen LogP contribution in [0.4, 0.5) is 11.4 Å². The van der Waals surface area contributed by atoms with Crippen LogP contribution in [-0.4, -0.2) is 71.0 Å². The van der Waals surface area contributed by atoms with E-state index >= 15 is 0 Å². The molecule has 162 valence electrons. The fraction of sp³-hybridized carbons (Fsp3) is 0.444. The normalized spacial score (nSPS) is 15.8. The van der Waals surface area contributed by atoms with E-state index in [0.29, 0.717) is 31.0 Å². The maximum Gasteiger partial charge on any atom is 0.271 e. The van der Waals surface area contributed by atoms with Crippen LogP contribution in [0.15, 0.2) is 35.4 Å². The number of benzene rings is 1. The van der Waals surface area contributed by atoms with Crippen molar-refractivity contribution in [2.24, 2.45) is 0 Å². The fourth-order valence-electron chi connectivity index (χ4n) is 3.28. The lowest BCUT2D eigenvalue weighted by Crippen LogP contribution is -2.50. The van der Waals surface area contributed by atoms with Gasteiger partial charge >= 0.3 is 0 Å². The second kappa shape index (κ2) is 8.90. The molecule has 0 bridgehead atoms. The number of aromatic nitrogens is 2. The summed E-state index contributed by atoms with van der Waals surface area (Å²) >= 11 is 0. The van der Waals surface area contributed by atoms with Gasteiger partial charge in [0.2, 0.25) is 15.9 Å².